The van der Waals surface area contributed by atoms with Gasteiger partial charge in [-0.2, -0.15) is 10.4 Å². The van der Waals surface area contributed by atoms with Crippen molar-refractivity contribution in [2.45, 2.75) is 97.6 Å². The van der Waals surface area contributed by atoms with Crippen molar-refractivity contribution in [3.05, 3.63) is 18.0 Å². The van der Waals surface area contributed by atoms with Gasteiger partial charge in [-0.1, -0.05) is 27.2 Å². The summed E-state index contributed by atoms with van der Waals surface area (Å²) < 4.78 is 1.66. The van der Waals surface area contributed by atoms with Crippen molar-refractivity contribution in [3.63, 3.8) is 0 Å². The van der Waals surface area contributed by atoms with E-state index in [0.717, 1.165) is 43.9 Å². The first-order chi connectivity index (χ1) is 15.6. The van der Waals surface area contributed by atoms with Gasteiger partial charge < -0.3 is 5.11 Å². The largest absolute Gasteiger partial charge is 0.390 e. The monoisotopic (exact) mass is 451 g/mol. The lowest BCUT2D eigenvalue weighted by Crippen LogP contribution is -2.55. The highest BCUT2D eigenvalue weighted by Crippen LogP contribution is 2.69. The van der Waals surface area contributed by atoms with Crippen LogP contribution >= 0.6 is 0 Å². The molecule has 5 nitrogen and oxygen atoms in total. The Morgan fingerprint density at radius 1 is 1.18 bits per heavy atom. The van der Waals surface area contributed by atoms with Crippen LogP contribution in [0.4, 0.5) is 0 Å². The number of ketones is 1. The van der Waals surface area contributed by atoms with E-state index in [1.165, 1.54) is 25.7 Å². The number of hydrogen-bond donors (Lipinski definition) is 1. The molecule has 1 aromatic heterocycles. The third-order valence-corrected chi connectivity index (χ3v) is 11.1. The van der Waals surface area contributed by atoms with Gasteiger partial charge in [0.1, 0.15) is 6.07 Å². The molecule has 1 heterocycles. The molecule has 1 aromatic rings. The molecule has 4 fully saturated rings. The van der Waals surface area contributed by atoms with Crippen LogP contribution in [0.15, 0.2) is 12.4 Å². The summed E-state index contributed by atoms with van der Waals surface area (Å²) in [6, 6.07) is 2.11. The van der Waals surface area contributed by atoms with Crippen molar-refractivity contribution in [3.8, 4) is 6.07 Å². The number of carbonyl (C=O) groups excluding carboxylic acids is 1. The van der Waals surface area contributed by atoms with Gasteiger partial charge >= 0.3 is 0 Å². The fraction of sp³-hybridized carbons (Fsp3) is 0.821. The topological polar surface area (TPSA) is 78.9 Å². The lowest BCUT2D eigenvalue weighted by atomic mass is 9.44. The van der Waals surface area contributed by atoms with Crippen LogP contribution in [0.1, 0.15) is 91.0 Å². The molecule has 0 saturated heterocycles. The predicted octanol–water partition coefficient (Wildman–Crippen LogP) is 5.37. The number of fused-ring (bicyclic) bond motifs is 5. The lowest BCUT2D eigenvalue weighted by molar-refractivity contribution is -0.151. The van der Waals surface area contributed by atoms with Gasteiger partial charge in [-0.3, -0.25) is 9.48 Å². The second-order valence-corrected chi connectivity index (χ2v) is 12.8. The minimum absolute atomic E-state index is 0.0769. The second kappa shape index (κ2) is 7.94. The highest BCUT2D eigenvalue weighted by molar-refractivity contribution is 5.82. The van der Waals surface area contributed by atoms with Crippen molar-refractivity contribution in [1.29, 1.82) is 5.26 Å². The Morgan fingerprint density at radius 3 is 2.67 bits per heavy atom. The van der Waals surface area contributed by atoms with Crippen molar-refractivity contribution >= 4 is 5.78 Å². The van der Waals surface area contributed by atoms with E-state index in [0.29, 0.717) is 34.5 Å². The van der Waals surface area contributed by atoms with Crippen LogP contribution < -0.4 is 0 Å². The Labute approximate surface area is 198 Å². The number of aromatic nitrogens is 2. The highest BCUT2D eigenvalue weighted by Gasteiger charge is 2.63. The maximum absolute atomic E-state index is 13.7. The standard InChI is InChI=1S/C28H41N3O2/c1-5-19-12-23-21-7-6-20-13-26(2,33)10-11-27(20,3)22(21)8-9-28(23,4)25(19)24(32)17-31-16-18(14-29)15-30-31/h15-16,19-23,25,33H,5-13,17H2,1-4H3/t19-,20+,21-,22+,23+,25?,26-,27+,28+/m1/s1. The highest BCUT2D eigenvalue weighted by atomic mass is 16.3. The molecule has 9 atom stereocenters. The SMILES string of the molecule is CC[C@@H]1C[C@H]2[C@@H]3CC[C@H]4C[C@](C)(O)CC[C@]4(C)[C@H]3CC[C@]2(C)C1C(=O)Cn1cc(C#N)cn1. The molecule has 180 valence electrons. The van der Waals surface area contributed by atoms with Gasteiger partial charge in [-0.25, -0.2) is 0 Å². The van der Waals surface area contributed by atoms with Crippen molar-refractivity contribution in [2.75, 3.05) is 0 Å². The predicted molar refractivity (Wildman–Crippen MR) is 127 cm³/mol. The van der Waals surface area contributed by atoms with Gasteiger partial charge in [0.05, 0.1) is 23.9 Å². The molecule has 0 radical (unpaired) electrons. The first kappa shape index (κ1) is 23.1. The van der Waals surface area contributed by atoms with Gasteiger partial charge in [0, 0.05) is 12.1 Å². The van der Waals surface area contributed by atoms with Crippen LogP contribution in [-0.2, 0) is 11.3 Å². The number of Topliss-reactive ketones (excluding diaryl/α,β-unsaturated/α-hetero) is 1. The van der Waals surface area contributed by atoms with E-state index in [-0.39, 0.29) is 17.9 Å². The minimum Gasteiger partial charge on any atom is -0.390 e. The molecule has 0 aliphatic heterocycles. The summed E-state index contributed by atoms with van der Waals surface area (Å²) in [5.41, 5.74) is 0.449. The zero-order chi connectivity index (χ0) is 23.6. The normalized spacial score (nSPS) is 46.7. The smallest absolute Gasteiger partial charge is 0.158 e. The molecule has 0 bridgehead atoms. The van der Waals surface area contributed by atoms with E-state index in [4.69, 9.17) is 5.26 Å². The van der Waals surface area contributed by atoms with Crippen molar-refractivity contribution < 1.29 is 9.90 Å². The third-order valence-electron chi connectivity index (χ3n) is 11.1. The Morgan fingerprint density at radius 2 is 1.97 bits per heavy atom. The molecule has 1 N–H and O–H groups in total. The fourth-order valence-electron chi connectivity index (χ4n) is 9.41. The maximum atomic E-state index is 13.7. The fourth-order valence-corrected chi connectivity index (χ4v) is 9.41. The number of carbonyl (C=O) groups is 1. The lowest BCUT2D eigenvalue weighted by Gasteiger charge is -2.61. The summed E-state index contributed by atoms with van der Waals surface area (Å²) in [5, 5.41) is 24.1. The van der Waals surface area contributed by atoms with E-state index in [9.17, 15) is 9.90 Å². The van der Waals surface area contributed by atoms with Crippen molar-refractivity contribution in [1.82, 2.24) is 9.78 Å². The zero-order valence-electron chi connectivity index (χ0n) is 20.9. The molecule has 0 spiro atoms. The Balaban J connectivity index is 1.39. The molecule has 0 aromatic carbocycles. The van der Waals surface area contributed by atoms with Crippen LogP contribution in [0.25, 0.3) is 0 Å². The molecule has 1 unspecified atom stereocenters. The number of hydrogen-bond acceptors (Lipinski definition) is 4. The van der Waals surface area contributed by atoms with Gasteiger partial charge in [0.15, 0.2) is 5.78 Å². The van der Waals surface area contributed by atoms with E-state index in [1.807, 2.05) is 6.92 Å². The van der Waals surface area contributed by atoms with Crippen LogP contribution in [-0.4, -0.2) is 26.3 Å². The average molecular weight is 452 g/mol. The molecular formula is C28H41N3O2. The van der Waals surface area contributed by atoms with Gasteiger partial charge in [0.25, 0.3) is 0 Å². The van der Waals surface area contributed by atoms with Crippen LogP contribution in [0.3, 0.4) is 0 Å². The van der Waals surface area contributed by atoms with Crippen LogP contribution in [0.2, 0.25) is 0 Å². The number of rotatable bonds is 4. The van der Waals surface area contributed by atoms with Gasteiger partial charge in [0.2, 0.25) is 0 Å². The summed E-state index contributed by atoms with van der Waals surface area (Å²) in [6.45, 7) is 9.54. The summed E-state index contributed by atoms with van der Waals surface area (Å²) in [7, 11) is 0. The van der Waals surface area contributed by atoms with E-state index >= 15 is 0 Å². The van der Waals surface area contributed by atoms with Crippen molar-refractivity contribution in [2.24, 2.45) is 46.3 Å². The van der Waals surface area contributed by atoms with Gasteiger partial charge in [-0.15, -0.1) is 0 Å². The number of nitriles is 1. The first-order valence-electron chi connectivity index (χ1n) is 13.3. The van der Waals surface area contributed by atoms with E-state index in [1.54, 1.807) is 17.1 Å². The Bertz CT molecular complexity index is 961. The van der Waals surface area contributed by atoms with E-state index in [2.05, 4.69) is 31.9 Å². The molecule has 4 saturated carbocycles. The molecule has 33 heavy (non-hydrogen) atoms. The maximum Gasteiger partial charge on any atom is 0.158 e. The van der Waals surface area contributed by atoms with Gasteiger partial charge in [-0.05, 0) is 98.7 Å². The molecular weight excluding hydrogens is 410 g/mol. The Hall–Kier alpha value is -1.67. The molecule has 4 aliphatic carbocycles. The first-order valence-corrected chi connectivity index (χ1v) is 13.3. The molecule has 0 amide bonds. The minimum atomic E-state index is -0.490. The van der Waals surface area contributed by atoms with E-state index < -0.39 is 5.60 Å². The van der Waals surface area contributed by atoms with Crippen LogP contribution in [0.5, 0.6) is 0 Å². The third kappa shape index (κ3) is 3.59. The number of aliphatic hydroxyl groups is 1. The quantitative estimate of drug-likeness (QED) is 0.667. The summed E-state index contributed by atoms with van der Waals surface area (Å²) in [5.74, 6) is 3.59. The molecule has 4 aliphatic rings. The molecule has 5 heteroatoms. The second-order valence-electron chi connectivity index (χ2n) is 12.8. The summed E-state index contributed by atoms with van der Waals surface area (Å²) in [6.07, 6.45) is 13.4. The summed E-state index contributed by atoms with van der Waals surface area (Å²) in [4.78, 5) is 13.7. The van der Waals surface area contributed by atoms with Crippen LogP contribution in [0, 0.1) is 57.7 Å². The average Bonchev–Trinajstić information content (AvgIpc) is 3.35. The number of nitrogens with zero attached hydrogens (tertiary/aromatic N) is 3. The zero-order valence-corrected chi connectivity index (χ0v) is 20.9. The summed E-state index contributed by atoms with van der Waals surface area (Å²) >= 11 is 0. The molecule has 5 rings (SSSR count). The Kier molecular flexibility index (Phi) is 5.55.